The third kappa shape index (κ3) is 7.60. The summed E-state index contributed by atoms with van der Waals surface area (Å²) >= 11 is 0. The van der Waals surface area contributed by atoms with Crippen LogP contribution in [0.1, 0.15) is 130 Å². The summed E-state index contributed by atoms with van der Waals surface area (Å²) in [5.74, 6) is 0. The first-order valence-electron chi connectivity index (χ1n) is 26.8. The van der Waals surface area contributed by atoms with Crippen LogP contribution >= 0.6 is 0 Å². The third-order valence-electron chi connectivity index (χ3n) is 16.5. The average molecular weight is 966 g/mol. The molecule has 3 nitrogen and oxygen atoms in total. The second kappa shape index (κ2) is 16.3. The van der Waals surface area contributed by atoms with Gasteiger partial charge in [0.2, 0.25) is 0 Å². The van der Waals surface area contributed by atoms with E-state index in [4.69, 9.17) is 0 Å². The minimum Gasteiger partial charge on any atom is -0.310 e. The second-order valence-electron chi connectivity index (χ2n) is 26.0. The minimum atomic E-state index is -0.260. The van der Waals surface area contributed by atoms with Gasteiger partial charge in [-0.05, 0) is 156 Å². The molecule has 0 saturated carbocycles. The van der Waals surface area contributed by atoms with Crippen molar-refractivity contribution in [2.75, 3.05) is 9.80 Å². The van der Waals surface area contributed by atoms with Crippen molar-refractivity contribution in [1.29, 1.82) is 0 Å². The Labute approximate surface area is 439 Å². The predicted molar refractivity (Wildman–Crippen MR) is 320 cm³/mol. The molecule has 0 fully saturated rings. The van der Waals surface area contributed by atoms with Crippen LogP contribution in [0, 0.1) is 0 Å². The summed E-state index contributed by atoms with van der Waals surface area (Å²) in [4.78, 5) is 4.91. The lowest BCUT2D eigenvalue weighted by atomic mass is 9.81. The molecule has 2 aromatic heterocycles. The largest absolute Gasteiger partial charge is 0.310 e. The summed E-state index contributed by atoms with van der Waals surface area (Å²) in [5.41, 5.74) is 21.3. The van der Waals surface area contributed by atoms with Crippen molar-refractivity contribution in [3.05, 3.63) is 209 Å². The molecule has 0 spiro atoms. The fourth-order valence-electron chi connectivity index (χ4n) is 12.1. The third-order valence-corrected chi connectivity index (χ3v) is 16.5. The van der Waals surface area contributed by atoms with E-state index in [-0.39, 0.29) is 27.1 Å². The molecule has 0 unspecified atom stereocenters. The van der Waals surface area contributed by atoms with Crippen LogP contribution in [0.15, 0.2) is 176 Å². The summed E-state index contributed by atoms with van der Waals surface area (Å²) in [7, 11) is 0. The first-order chi connectivity index (χ1) is 35.0. The molecule has 0 radical (unpaired) electrons. The van der Waals surface area contributed by atoms with E-state index in [1.54, 1.807) is 0 Å². The van der Waals surface area contributed by atoms with Crippen LogP contribution in [0.3, 0.4) is 0 Å². The van der Waals surface area contributed by atoms with E-state index >= 15 is 0 Å². The van der Waals surface area contributed by atoms with Gasteiger partial charge in [0, 0.05) is 66.5 Å². The lowest BCUT2D eigenvalue weighted by molar-refractivity contribution is 0.590. The van der Waals surface area contributed by atoms with Crippen molar-refractivity contribution in [3.63, 3.8) is 0 Å². The lowest BCUT2D eigenvalue weighted by Gasteiger charge is -2.30. The molecule has 0 bridgehead atoms. The predicted octanol–water partition coefficient (Wildman–Crippen LogP) is 20.4. The maximum absolute atomic E-state index is 2.60. The highest BCUT2D eigenvalue weighted by Gasteiger charge is 2.37. The standard InChI is InChI=1S/C71H71N3/c1-67(2,3)45-25-29-49(30-26-45)72(51-20-15-18-47(39-51)69(7,8)9)53-33-36-55-61-38-44-24-35-59-58-23-17-22-57-56-37-34-54(42-64(56)74(65(57)58)66(59)60(44)43-63(61)71(13,14)62(55)41-53)73(50-31-27-46(28-32-50)68(4,5)6)52-21-16-19-48(40-52)70(10,11)12/h15-43H,1-14H3. The lowest BCUT2D eigenvalue weighted by Crippen LogP contribution is -2.17. The zero-order valence-corrected chi connectivity index (χ0v) is 46.1. The fourth-order valence-corrected chi connectivity index (χ4v) is 12.1. The maximum atomic E-state index is 2.60. The highest BCUT2D eigenvalue weighted by Crippen LogP contribution is 2.54. The molecule has 2 heterocycles. The molecule has 3 heteroatoms. The molecule has 370 valence electrons. The Morgan fingerprint density at radius 1 is 0.324 bits per heavy atom. The van der Waals surface area contributed by atoms with Gasteiger partial charge >= 0.3 is 0 Å². The molecule has 9 aromatic carbocycles. The summed E-state index contributed by atoms with van der Waals surface area (Å²) in [6.45, 7) is 32.4. The molecule has 0 N–H and O–H groups in total. The number of benzene rings is 9. The molecule has 0 amide bonds. The van der Waals surface area contributed by atoms with Crippen LogP contribution in [0.25, 0.3) is 60.0 Å². The van der Waals surface area contributed by atoms with Gasteiger partial charge in [-0.1, -0.05) is 188 Å². The topological polar surface area (TPSA) is 10.9 Å². The number of nitrogens with zero attached hydrogens (tertiary/aromatic N) is 3. The van der Waals surface area contributed by atoms with Gasteiger partial charge in [-0.25, -0.2) is 0 Å². The number of rotatable bonds is 6. The normalized spacial score (nSPS) is 13.9. The Kier molecular flexibility index (Phi) is 10.5. The van der Waals surface area contributed by atoms with Crippen LogP contribution in [-0.2, 0) is 27.1 Å². The summed E-state index contributed by atoms with van der Waals surface area (Å²) < 4.78 is 2.60. The number of hydrogen-bond donors (Lipinski definition) is 0. The smallest absolute Gasteiger partial charge is 0.0620 e. The Morgan fingerprint density at radius 3 is 1.28 bits per heavy atom. The van der Waals surface area contributed by atoms with Gasteiger partial charge in [-0.3, -0.25) is 0 Å². The van der Waals surface area contributed by atoms with E-state index in [0.717, 1.165) is 22.7 Å². The van der Waals surface area contributed by atoms with Gasteiger partial charge in [-0.15, -0.1) is 0 Å². The molecule has 0 atom stereocenters. The van der Waals surface area contributed by atoms with Crippen molar-refractivity contribution in [3.8, 4) is 11.1 Å². The molecule has 0 saturated heterocycles. The molecule has 1 aliphatic rings. The fraction of sp³-hybridized carbons (Fsp3) is 0.268. The Morgan fingerprint density at radius 2 is 0.743 bits per heavy atom. The minimum absolute atomic E-state index is 0.00434. The van der Waals surface area contributed by atoms with Gasteiger partial charge in [-0.2, -0.15) is 0 Å². The van der Waals surface area contributed by atoms with Gasteiger partial charge in [0.1, 0.15) is 0 Å². The first kappa shape index (κ1) is 47.6. The van der Waals surface area contributed by atoms with Gasteiger partial charge < -0.3 is 14.2 Å². The van der Waals surface area contributed by atoms with Gasteiger partial charge in [0.25, 0.3) is 0 Å². The van der Waals surface area contributed by atoms with E-state index in [1.165, 1.54) is 105 Å². The second-order valence-corrected chi connectivity index (χ2v) is 26.0. The van der Waals surface area contributed by atoms with Crippen molar-refractivity contribution in [2.45, 2.75) is 124 Å². The first-order valence-corrected chi connectivity index (χ1v) is 26.8. The highest BCUT2D eigenvalue weighted by atomic mass is 15.1. The van der Waals surface area contributed by atoms with Gasteiger partial charge in [0.15, 0.2) is 0 Å². The zero-order chi connectivity index (χ0) is 52.0. The Bertz CT molecular complexity index is 4000. The van der Waals surface area contributed by atoms with Crippen LogP contribution in [0.2, 0.25) is 0 Å². The van der Waals surface area contributed by atoms with Crippen LogP contribution in [-0.4, -0.2) is 4.40 Å². The molecular weight excluding hydrogens is 895 g/mol. The number of aromatic nitrogens is 1. The molecule has 1 aliphatic carbocycles. The van der Waals surface area contributed by atoms with Crippen molar-refractivity contribution in [1.82, 2.24) is 4.40 Å². The molecule has 74 heavy (non-hydrogen) atoms. The number of fused-ring (bicyclic) bond motifs is 11. The summed E-state index contributed by atoms with van der Waals surface area (Å²) in [5, 5.41) is 7.69. The molecule has 0 aliphatic heterocycles. The zero-order valence-electron chi connectivity index (χ0n) is 46.1. The maximum Gasteiger partial charge on any atom is 0.0620 e. The summed E-state index contributed by atoms with van der Waals surface area (Å²) in [6, 6.07) is 67.7. The number of anilines is 6. The van der Waals surface area contributed by atoms with E-state index in [9.17, 15) is 0 Å². The number of para-hydroxylation sites is 1. The van der Waals surface area contributed by atoms with E-state index in [1.807, 2.05) is 0 Å². The molecular formula is C71H71N3. The SMILES string of the molecule is CC(C)(C)c1ccc(N(c2cccc(C(C)(C)C)c2)c2ccc3c(c2)C(C)(C)c2cc4c(ccc5c6cccc7c8ccc(N(c9ccc(C(C)(C)C)cc9)c9cccc(C(C)(C)C)c9)cc8n(c45)c76)cc2-3)cc1. The number of hydrogen-bond acceptors (Lipinski definition) is 2. The Balaban J connectivity index is 1.04. The Hall–Kier alpha value is -7.36. The van der Waals surface area contributed by atoms with E-state index in [2.05, 4.69) is 287 Å². The monoisotopic (exact) mass is 966 g/mol. The highest BCUT2D eigenvalue weighted by molar-refractivity contribution is 6.27. The summed E-state index contributed by atoms with van der Waals surface area (Å²) in [6.07, 6.45) is 0. The molecule has 12 rings (SSSR count). The van der Waals surface area contributed by atoms with Crippen molar-refractivity contribution in [2.24, 2.45) is 0 Å². The van der Waals surface area contributed by atoms with Crippen LogP contribution in [0.5, 0.6) is 0 Å². The van der Waals surface area contributed by atoms with E-state index in [0.29, 0.717) is 0 Å². The van der Waals surface area contributed by atoms with Crippen molar-refractivity contribution < 1.29 is 0 Å². The van der Waals surface area contributed by atoms with Crippen LogP contribution in [0.4, 0.5) is 34.1 Å². The molecule has 11 aromatic rings. The quantitative estimate of drug-likeness (QED) is 0.164. The average Bonchev–Trinajstić information content (AvgIpc) is 3.95. The van der Waals surface area contributed by atoms with Crippen LogP contribution < -0.4 is 9.80 Å². The van der Waals surface area contributed by atoms with Crippen molar-refractivity contribution >= 4 is 83.0 Å². The van der Waals surface area contributed by atoms with E-state index < -0.39 is 0 Å². The van der Waals surface area contributed by atoms with Gasteiger partial charge in [0.05, 0.1) is 16.6 Å².